The summed E-state index contributed by atoms with van der Waals surface area (Å²) in [6, 6.07) is 20.1. The van der Waals surface area contributed by atoms with Crippen LogP contribution in [0.3, 0.4) is 0 Å². The number of fused-ring (bicyclic) bond motifs is 1. The maximum Gasteiger partial charge on any atom is 0.0991 e. The van der Waals surface area contributed by atoms with Crippen LogP contribution >= 0.6 is 0 Å². The van der Waals surface area contributed by atoms with Crippen LogP contribution in [0.4, 0.5) is 0 Å². The highest BCUT2D eigenvalue weighted by Crippen LogP contribution is 2.21. The molecule has 80 valence electrons. The first-order chi connectivity index (χ1) is 8.38. The molecule has 0 atom stereocenters. The Kier molecular flexibility index (Phi) is 2.16. The summed E-state index contributed by atoms with van der Waals surface area (Å²) in [7, 11) is 0. The van der Waals surface area contributed by atoms with Gasteiger partial charge in [-0.25, -0.2) is 0 Å². The molecule has 2 heteroatoms. The maximum atomic E-state index is 8.86. The second-order valence-corrected chi connectivity index (χ2v) is 3.91. The number of nitriles is 1. The van der Waals surface area contributed by atoms with Crippen molar-refractivity contribution in [3.63, 3.8) is 0 Å². The number of rotatable bonds is 1. The third kappa shape index (κ3) is 1.58. The summed E-state index contributed by atoms with van der Waals surface area (Å²) >= 11 is 0. The molecule has 0 aliphatic carbocycles. The van der Waals surface area contributed by atoms with Crippen LogP contribution in [0.1, 0.15) is 5.56 Å². The van der Waals surface area contributed by atoms with E-state index < -0.39 is 0 Å². The van der Waals surface area contributed by atoms with Gasteiger partial charge in [-0.2, -0.15) is 5.26 Å². The first-order valence-electron chi connectivity index (χ1n) is 5.45. The molecule has 0 bridgehead atoms. The largest absolute Gasteiger partial charge is 0.317 e. The Morgan fingerprint density at radius 1 is 0.941 bits per heavy atom. The second kappa shape index (κ2) is 3.80. The zero-order valence-electron chi connectivity index (χ0n) is 9.17. The van der Waals surface area contributed by atoms with Crippen LogP contribution in [-0.2, 0) is 0 Å². The molecule has 2 aromatic carbocycles. The van der Waals surface area contributed by atoms with Crippen molar-refractivity contribution in [1.29, 1.82) is 5.26 Å². The zero-order chi connectivity index (χ0) is 11.7. The van der Waals surface area contributed by atoms with E-state index in [-0.39, 0.29) is 0 Å². The van der Waals surface area contributed by atoms with Crippen molar-refractivity contribution < 1.29 is 0 Å². The number of hydrogen-bond donors (Lipinski definition) is 0. The molecule has 0 fully saturated rings. The van der Waals surface area contributed by atoms with E-state index in [2.05, 4.69) is 22.8 Å². The quantitative estimate of drug-likeness (QED) is 0.614. The number of hydrogen-bond acceptors (Lipinski definition) is 1. The molecule has 3 rings (SSSR count). The number of aromatic nitrogens is 1. The first-order valence-corrected chi connectivity index (χ1v) is 5.45. The van der Waals surface area contributed by atoms with E-state index in [0.717, 1.165) is 16.6 Å². The summed E-state index contributed by atoms with van der Waals surface area (Å²) in [5, 5.41) is 9.95. The van der Waals surface area contributed by atoms with Gasteiger partial charge < -0.3 is 4.57 Å². The molecule has 17 heavy (non-hydrogen) atoms. The lowest BCUT2D eigenvalue weighted by atomic mass is 10.2. The average molecular weight is 218 g/mol. The van der Waals surface area contributed by atoms with E-state index in [9.17, 15) is 0 Å². The van der Waals surface area contributed by atoms with Gasteiger partial charge in [-0.05, 0) is 36.4 Å². The van der Waals surface area contributed by atoms with E-state index >= 15 is 0 Å². The summed E-state index contributed by atoms with van der Waals surface area (Å²) in [6.45, 7) is 0. The lowest BCUT2D eigenvalue weighted by Gasteiger charge is -2.04. The van der Waals surface area contributed by atoms with Gasteiger partial charge in [0.1, 0.15) is 0 Å². The standard InChI is InChI=1S/C15H10N2/c16-11-12-6-7-15-13(10-12)8-9-17(15)14-4-2-1-3-5-14/h1-10H. The van der Waals surface area contributed by atoms with Gasteiger partial charge in [0.05, 0.1) is 17.1 Å². The lowest BCUT2D eigenvalue weighted by molar-refractivity contribution is 1.13. The fourth-order valence-electron chi connectivity index (χ4n) is 2.03. The predicted octanol–water partition coefficient (Wildman–Crippen LogP) is 3.50. The van der Waals surface area contributed by atoms with Gasteiger partial charge >= 0.3 is 0 Å². The van der Waals surface area contributed by atoms with Gasteiger partial charge in [0, 0.05) is 17.3 Å². The Morgan fingerprint density at radius 3 is 2.53 bits per heavy atom. The van der Waals surface area contributed by atoms with Gasteiger partial charge in [-0.1, -0.05) is 18.2 Å². The zero-order valence-corrected chi connectivity index (χ0v) is 9.17. The fraction of sp³-hybridized carbons (Fsp3) is 0. The molecule has 2 nitrogen and oxygen atoms in total. The van der Waals surface area contributed by atoms with Gasteiger partial charge in [0.25, 0.3) is 0 Å². The highest BCUT2D eigenvalue weighted by Gasteiger charge is 2.03. The summed E-state index contributed by atoms with van der Waals surface area (Å²) < 4.78 is 2.12. The summed E-state index contributed by atoms with van der Waals surface area (Å²) in [5.41, 5.74) is 2.95. The number of benzene rings is 2. The van der Waals surface area contributed by atoms with Crippen LogP contribution in [0, 0.1) is 11.3 Å². The van der Waals surface area contributed by atoms with Crippen LogP contribution in [0.15, 0.2) is 60.8 Å². The molecule has 0 spiro atoms. The molecule has 0 saturated carbocycles. The summed E-state index contributed by atoms with van der Waals surface area (Å²) in [5.74, 6) is 0. The lowest BCUT2D eigenvalue weighted by Crippen LogP contribution is -1.90. The topological polar surface area (TPSA) is 28.7 Å². The molecule has 0 N–H and O–H groups in total. The Bertz CT molecular complexity index is 703. The third-order valence-electron chi connectivity index (χ3n) is 2.85. The number of para-hydroxylation sites is 1. The Balaban J connectivity index is 2.23. The van der Waals surface area contributed by atoms with Crippen molar-refractivity contribution >= 4 is 10.9 Å². The van der Waals surface area contributed by atoms with Gasteiger partial charge in [0.15, 0.2) is 0 Å². The molecule has 0 radical (unpaired) electrons. The summed E-state index contributed by atoms with van der Waals surface area (Å²) in [4.78, 5) is 0. The summed E-state index contributed by atoms with van der Waals surface area (Å²) in [6.07, 6.45) is 2.03. The molecule has 3 aromatic rings. The van der Waals surface area contributed by atoms with E-state index in [0.29, 0.717) is 5.56 Å². The van der Waals surface area contributed by atoms with Crippen molar-refractivity contribution in [3.05, 3.63) is 66.4 Å². The Labute approximate surface area is 99.3 Å². The van der Waals surface area contributed by atoms with Gasteiger partial charge in [-0.3, -0.25) is 0 Å². The van der Waals surface area contributed by atoms with Gasteiger partial charge in [0.2, 0.25) is 0 Å². The molecule has 0 amide bonds. The molecule has 0 aliphatic rings. The normalized spacial score (nSPS) is 10.3. The first kappa shape index (κ1) is 9.68. The van der Waals surface area contributed by atoms with Gasteiger partial charge in [-0.15, -0.1) is 0 Å². The monoisotopic (exact) mass is 218 g/mol. The third-order valence-corrected chi connectivity index (χ3v) is 2.85. The molecular weight excluding hydrogens is 208 g/mol. The number of nitrogens with zero attached hydrogens (tertiary/aromatic N) is 2. The van der Waals surface area contributed by atoms with Crippen molar-refractivity contribution in [2.75, 3.05) is 0 Å². The minimum Gasteiger partial charge on any atom is -0.317 e. The van der Waals surface area contributed by atoms with Crippen LogP contribution < -0.4 is 0 Å². The maximum absolute atomic E-state index is 8.86. The smallest absolute Gasteiger partial charge is 0.0991 e. The Hall–Kier alpha value is -2.53. The molecule has 0 unspecified atom stereocenters. The van der Waals surface area contributed by atoms with Crippen molar-refractivity contribution in [1.82, 2.24) is 4.57 Å². The van der Waals surface area contributed by atoms with Crippen LogP contribution in [0.2, 0.25) is 0 Å². The highest BCUT2D eigenvalue weighted by molar-refractivity contribution is 5.83. The van der Waals surface area contributed by atoms with Crippen molar-refractivity contribution in [3.8, 4) is 11.8 Å². The Morgan fingerprint density at radius 2 is 1.76 bits per heavy atom. The molecular formula is C15H10N2. The minimum atomic E-state index is 0.698. The van der Waals surface area contributed by atoms with E-state index in [4.69, 9.17) is 5.26 Å². The van der Waals surface area contributed by atoms with E-state index in [1.54, 1.807) is 0 Å². The van der Waals surface area contributed by atoms with Crippen LogP contribution in [0.25, 0.3) is 16.6 Å². The van der Waals surface area contributed by atoms with Crippen molar-refractivity contribution in [2.24, 2.45) is 0 Å². The van der Waals surface area contributed by atoms with E-state index in [1.165, 1.54) is 0 Å². The average Bonchev–Trinajstić information content (AvgIpc) is 2.82. The fourth-order valence-corrected chi connectivity index (χ4v) is 2.03. The highest BCUT2D eigenvalue weighted by atomic mass is 15.0. The van der Waals surface area contributed by atoms with Crippen molar-refractivity contribution in [2.45, 2.75) is 0 Å². The SMILES string of the molecule is N#Cc1ccc2c(ccn2-c2ccccc2)c1. The molecule has 1 heterocycles. The second-order valence-electron chi connectivity index (χ2n) is 3.91. The van der Waals surface area contributed by atoms with Crippen LogP contribution in [0.5, 0.6) is 0 Å². The minimum absolute atomic E-state index is 0.698. The molecule has 0 saturated heterocycles. The van der Waals surface area contributed by atoms with E-state index in [1.807, 2.05) is 48.7 Å². The van der Waals surface area contributed by atoms with Crippen LogP contribution in [-0.4, -0.2) is 4.57 Å². The molecule has 1 aromatic heterocycles. The predicted molar refractivity (Wildman–Crippen MR) is 68.0 cm³/mol. The molecule has 0 aliphatic heterocycles.